The third kappa shape index (κ3) is 5.20. The molecule has 0 aliphatic heterocycles. The molecule has 0 saturated carbocycles. The molecule has 8 nitrogen and oxygen atoms in total. The highest BCUT2D eigenvalue weighted by atomic mass is 32.2. The van der Waals surface area contributed by atoms with E-state index >= 15 is 0 Å². The first-order chi connectivity index (χ1) is 15.9. The summed E-state index contributed by atoms with van der Waals surface area (Å²) in [6.45, 7) is 6.54. The minimum absolute atomic E-state index is 0.161. The number of carbonyl (C=O) groups is 1. The highest BCUT2D eigenvalue weighted by molar-refractivity contribution is 7.99. The van der Waals surface area contributed by atoms with Crippen LogP contribution in [0.5, 0.6) is 0 Å². The summed E-state index contributed by atoms with van der Waals surface area (Å²) in [5.74, 6) is 1.29. The zero-order valence-electron chi connectivity index (χ0n) is 18.6. The van der Waals surface area contributed by atoms with E-state index in [0.717, 1.165) is 22.5 Å². The Hall–Kier alpha value is -3.72. The smallest absolute Gasteiger partial charge is 0.251 e. The maximum atomic E-state index is 12.6. The lowest BCUT2D eigenvalue weighted by Crippen LogP contribution is -2.15. The Kier molecular flexibility index (Phi) is 6.69. The Balaban J connectivity index is 1.45. The first kappa shape index (κ1) is 22.5. The van der Waals surface area contributed by atoms with E-state index in [1.807, 2.05) is 54.8 Å². The van der Waals surface area contributed by atoms with Crippen molar-refractivity contribution in [3.05, 3.63) is 76.2 Å². The Bertz CT molecular complexity index is 1360. The number of anilines is 1. The summed E-state index contributed by atoms with van der Waals surface area (Å²) >= 11 is 1.34. The van der Waals surface area contributed by atoms with Gasteiger partial charge in [0.2, 0.25) is 5.91 Å². The van der Waals surface area contributed by atoms with Gasteiger partial charge < -0.3 is 14.9 Å². The van der Waals surface area contributed by atoms with Crippen LogP contribution >= 0.6 is 11.8 Å². The van der Waals surface area contributed by atoms with Gasteiger partial charge in [-0.1, -0.05) is 48.2 Å². The third-order valence-corrected chi connectivity index (χ3v) is 6.01. The average Bonchev–Trinajstić information content (AvgIpc) is 3.20. The van der Waals surface area contributed by atoms with Crippen LogP contribution in [0.25, 0.3) is 22.8 Å². The fourth-order valence-electron chi connectivity index (χ4n) is 3.49. The molecule has 4 rings (SSSR count). The van der Waals surface area contributed by atoms with Crippen LogP contribution in [0.1, 0.15) is 18.2 Å². The number of aromatic amines is 1. The number of nitrogens with one attached hydrogen (secondary N) is 2. The molecule has 2 aromatic heterocycles. The Morgan fingerprint density at radius 2 is 1.91 bits per heavy atom. The molecule has 0 radical (unpaired) electrons. The first-order valence-corrected chi connectivity index (χ1v) is 11.5. The van der Waals surface area contributed by atoms with Crippen LogP contribution in [0.3, 0.4) is 0 Å². The molecule has 0 aliphatic carbocycles. The molecule has 0 bridgehead atoms. The summed E-state index contributed by atoms with van der Waals surface area (Å²) in [7, 11) is 0. The van der Waals surface area contributed by atoms with Crippen molar-refractivity contribution in [3.8, 4) is 22.8 Å². The number of amides is 1. The third-order valence-electron chi connectivity index (χ3n) is 5.04. The fraction of sp³-hybridized carbons (Fsp3) is 0.208. The van der Waals surface area contributed by atoms with Gasteiger partial charge in [0, 0.05) is 35.1 Å². The van der Waals surface area contributed by atoms with E-state index in [2.05, 4.69) is 25.5 Å². The summed E-state index contributed by atoms with van der Waals surface area (Å²) in [4.78, 5) is 31.4. The number of rotatable bonds is 7. The second-order valence-electron chi connectivity index (χ2n) is 7.52. The van der Waals surface area contributed by atoms with Crippen LogP contribution in [0.4, 0.5) is 5.69 Å². The van der Waals surface area contributed by atoms with E-state index in [9.17, 15) is 9.59 Å². The fourth-order valence-corrected chi connectivity index (χ4v) is 4.29. The second-order valence-corrected chi connectivity index (χ2v) is 8.46. The molecule has 2 N–H and O–H groups in total. The molecule has 0 saturated heterocycles. The maximum absolute atomic E-state index is 12.6. The van der Waals surface area contributed by atoms with Crippen molar-refractivity contribution in [1.29, 1.82) is 0 Å². The lowest BCUT2D eigenvalue weighted by molar-refractivity contribution is -0.113. The second kappa shape index (κ2) is 9.83. The van der Waals surface area contributed by atoms with Crippen LogP contribution in [0, 0.1) is 13.8 Å². The van der Waals surface area contributed by atoms with E-state index < -0.39 is 0 Å². The van der Waals surface area contributed by atoms with Crippen LogP contribution < -0.4 is 10.9 Å². The summed E-state index contributed by atoms with van der Waals surface area (Å²) in [5.41, 5.74) is 3.91. The predicted molar refractivity (Wildman–Crippen MR) is 130 cm³/mol. The van der Waals surface area contributed by atoms with Crippen molar-refractivity contribution in [2.75, 3.05) is 11.1 Å². The quantitative estimate of drug-likeness (QED) is 0.403. The Morgan fingerprint density at radius 1 is 1.09 bits per heavy atom. The van der Waals surface area contributed by atoms with Gasteiger partial charge in [-0.2, -0.15) is 0 Å². The van der Waals surface area contributed by atoms with Crippen LogP contribution in [-0.4, -0.2) is 36.4 Å². The van der Waals surface area contributed by atoms with Crippen LogP contribution in [0.15, 0.2) is 64.5 Å². The van der Waals surface area contributed by atoms with Gasteiger partial charge in [-0.25, -0.2) is 4.98 Å². The number of hydrogen-bond donors (Lipinski definition) is 2. The van der Waals surface area contributed by atoms with Crippen molar-refractivity contribution < 1.29 is 4.79 Å². The molecule has 2 aromatic carbocycles. The van der Waals surface area contributed by atoms with Gasteiger partial charge in [0.05, 0.1) is 5.75 Å². The minimum Gasteiger partial charge on any atom is -0.325 e. The molecule has 0 atom stereocenters. The Morgan fingerprint density at radius 3 is 2.67 bits per heavy atom. The molecular formula is C24H24N6O2S. The summed E-state index contributed by atoms with van der Waals surface area (Å²) in [6, 6.07) is 16.7. The molecule has 0 aliphatic rings. The molecule has 0 unspecified atom stereocenters. The molecule has 9 heteroatoms. The number of carbonyl (C=O) groups excluding carboxylic acids is 1. The maximum Gasteiger partial charge on any atom is 0.251 e. The number of nitrogens with zero attached hydrogens (tertiary/aromatic N) is 4. The van der Waals surface area contributed by atoms with Crippen LogP contribution in [-0.2, 0) is 11.3 Å². The van der Waals surface area contributed by atoms with Crippen molar-refractivity contribution in [2.45, 2.75) is 32.5 Å². The number of thioether (sulfide) groups is 1. The molecule has 33 heavy (non-hydrogen) atoms. The zero-order valence-corrected chi connectivity index (χ0v) is 19.4. The summed E-state index contributed by atoms with van der Waals surface area (Å²) in [5, 5.41) is 12.3. The van der Waals surface area contributed by atoms with E-state index in [1.165, 1.54) is 17.8 Å². The zero-order chi connectivity index (χ0) is 23.4. The number of aryl methyl sites for hydroxylation is 2. The van der Waals surface area contributed by atoms with Crippen molar-refractivity contribution >= 4 is 23.4 Å². The van der Waals surface area contributed by atoms with E-state index in [1.54, 1.807) is 19.1 Å². The predicted octanol–water partition coefficient (Wildman–Crippen LogP) is 4.06. The normalized spacial score (nSPS) is 10.9. The Labute approximate surface area is 195 Å². The van der Waals surface area contributed by atoms with Crippen molar-refractivity contribution in [1.82, 2.24) is 24.7 Å². The monoisotopic (exact) mass is 460 g/mol. The largest absolute Gasteiger partial charge is 0.325 e. The number of H-pyrrole nitrogens is 1. The van der Waals surface area contributed by atoms with Gasteiger partial charge in [0.25, 0.3) is 5.56 Å². The molecule has 0 spiro atoms. The van der Waals surface area contributed by atoms with Crippen LogP contribution in [0.2, 0.25) is 0 Å². The summed E-state index contributed by atoms with van der Waals surface area (Å²) < 4.78 is 2.01. The van der Waals surface area contributed by atoms with Gasteiger partial charge in [-0.15, -0.1) is 10.2 Å². The van der Waals surface area contributed by atoms with E-state index in [-0.39, 0.29) is 17.2 Å². The van der Waals surface area contributed by atoms with E-state index in [0.29, 0.717) is 28.9 Å². The van der Waals surface area contributed by atoms with Gasteiger partial charge in [0.15, 0.2) is 11.0 Å². The number of aromatic nitrogens is 5. The topological polar surface area (TPSA) is 106 Å². The SMILES string of the molecule is CCn1c(SCC(=O)Nc2cccc(-c3nc(C)cc(=O)[nH]3)c2)nnc1-c1ccccc1C. The van der Waals surface area contributed by atoms with Crippen molar-refractivity contribution in [2.24, 2.45) is 0 Å². The van der Waals surface area contributed by atoms with Gasteiger partial charge in [-0.3, -0.25) is 9.59 Å². The van der Waals surface area contributed by atoms with Gasteiger partial charge >= 0.3 is 0 Å². The van der Waals surface area contributed by atoms with Gasteiger partial charge in [0.1, 0.15) is 5.82 Å². The molecule has 0 fully saturated rings. The molecule has 4 aromatic rings. The highest BCUT2D eigenvalue weighted by Crippen LogP contribution is 2.26. The minimum atomic E-state index is -0.214. The molecule has 168 valence electrons. The number of benzene rings is 2. The lowest BCUT2D eigenvalue weighted by atomic mass is 10.1. The van der Waals surface area contributed by atoms with E-state index in [4.69, 9.17) is 0 Å². The number of hydrogen-bond acceptors (Lipinski definition) is 6. The summed E-state index contributed by atoms with van der Waals surface area (Å²) in [6.07, 6.45) is 0. The molecule has 2 heterocycles. The first-order valence-electron chi connectivity index (χ1n) is 10.5. The van der Waals surface area contributed by atoms with Gasteiger partial charge in [-0.05, 0) is 38.5 Å². The molecular weight excluding hydrogens is 436 g/mol. The molecule has 1 amide bonds. The average molecular weight is 461 g/mol. The standard InChI is InChI=1S/C24H24N6O2S/c1-4-30-23(19-11-6-5-8-15(19)2)28-29-24(30)33-14-21(32)26-18-10-7-9-17(13-18)22-25-16(3)12-20(31)27-22/h5-13H,4,14H2,1-3H3,(H,26,32)(H,25,27,31). The van der Waals surface area contributed by atoms with Crippen molar-refractivity contribution in [3.63, 3.8) is 0 Å². The lowest BCUT2D eigenvalue weighted by Gasteiger charge is -2.10. The highest BCUT2D eigenvalue weighted by Gasteiger charge is 2.16.